The summed E-state index contributed by atoms with van der Waals surface area (Å²) in [6.45, 7) is 3.91. The zero-order valence-electron chi connectivity index (χ0n) is 13.7. The van der Waals surface area contributed by atoms with Crippen molar-refractivity contribution >= 4 is 23.4 Å². The van der Waals surface area contributed by atoms with E-state index in [0.29, 0.717) is 10.8 Å². The van der Waals surface area contributed by atoms with Crippen molar-refractivity contribution in [1.82, 2.24) is 20.2 Å². The number of aryl methyl sites for hydroxylation is 2. The molecule has 1 amide bonds. The summed E-state index contributed by atoms with van der Waals surface area (Å²) in [5, 5.41) is 14.7. The summed E-state index contributed by atoms with van der Waals surface area (Å²) in [6.07, 6.45) is 0. The van der Waals surface area contributed by atoms with Crippen LogP contribution in [0.1, 0.15) is 11.1 Å². The maximum atomic E-state index is 13.4. The largest absolute Gasteiger partial charge is 0.325 e. The van der Waals surface area contributed by atoms with Gasteiger partial charge in [-0.05, 0) is 59.7 Å². The lowest BCUT2D eigenvalue weighted by molar-refractivity contribution is -0.113. The molecule has 0 unspecified atom stereocenters. The molecule has 0 saturated heterocycles. The number of hydrogen-bond acceptors (Lipinski definition) is 5. The lowest BCUT2D eigenvalue weighted by Gasteiger charge is -2.09. The van der Waals surface area contributed by atoms with Gasteiger partial charge in [0.15, 0.2) is 0 Å². The third-order valence-corrected chi connectivity index (χ3v) is 4.41. The number of hydrogen-bond donors (Lipinski definition) is 1. The first-order chi connectivity index (χ1) is 12.0. The Morgan fingerprint density at radius 3 is 2.88 bits per heavy atom. The van der Waals surface area contributed by atoms with Crippen LogP contribution in [-0.2, 0) is 4.79 Å². The third kappa shape index (κ3) is 4.21. The number of amides is 1. The second kappa shape index (κ2) is 7.43. The van der Waals surface area contributed by atoms with Crippen LogP contribution in [0.4, 0.5) is 10.1 Å². The second-order valence-corrected chi connectivity index (χ2v) is 6.45. The number of halogens is 1. The summed E-state index contributed by atoms with van der Waals surface area (Å²) in [5.41, 5.74) is 3.36. The van der Waals surface area contributed by atoms with Crippen LogP contribution < -0.4 is 5.32 Å². The zero-order valence-corrected chi connectivity index (χ0v) is 14.5. The van der Waals surface area contributed by atoms with Crippen molar-refractivity contribution in [1.29, 1.82) is 0 Å². The standard InChI is InChI=1S/C17H16FN5OS/c1-11-6-7-12(2)15(8-11)19-16(24)10-25-17-20-21-22-23(17)14-5-3-4-13(18)9-14/h3-9H,10H2,1-2H3,(H,19,24). The number of rotatable bonds is 5. The number of nitrogens with one attached hydrogen (secondary N) is 1. The number of anilines is 1. The van der Waals surface area contributed by atoms with Gasteiger partial charge in [0.1, 0.15) is 5.82 Å². The molecule has 0 atom stereocenters. The molecule has 0 fully saturated rings. The van der Waals surface area contributed by atoms with Crippen LogP contribution in [0.5, 0.6) is 0 Å². The zero-order chi connectivity index (χ0) is 17.8. The molecule has 0 aliphatic heterocycles. The molecule has 2 aromatic carbocycles. The first-order valence-corrected chi connectivity index (χ1v) is 8.56. The fourth-order valence-corrected chi connectivity index (χ4v) is 2.92. The molecule has 0 bridgehead atoms. The Labute approximate surface area is 148 Å². The van der Waals surface area contributed by atoms with Crippen LogP contribution >= 0.6 is 11.8 Å². The van der Waals surface area contributed by atoms with Gasteiger partial charge in [-0.1, -0.05) is 30.0 Å². The van der Waals surface area contributed by atoms with Crippen molar-refractivity contribution in [3.8, 4) is 5.69 Å². The molecule has 0 radical (unpaired) electrons. The van der Waals surface area contributed by atoms with E-state index in [0.717, 1.165) is 16.8 Å². The predicted molar refractivity (Wildman–Crippen MR) is 94.4 cm³/mol. The summed E-state index contributed by atoms with van der Waals surface area (Å²) in [7, 11) is 0. The van der Waals surface area contributed by atoms with E-state index in [4.69, 9.17) is 0 Å². The number of tetrazole rings is 1. The van der Waals surface area contributed by atoms with Gasteiger partial charge in [0.05, 0.1) is 11.4 Å². The summed E-state index contributed by atoms with van der Waals surface area (Å²) in [5.74, 6) is -0.396. The third-order valence-electron chi connectivity index (χ3n) is 3.49. The maximum Gasteiger partial charge on any atom is 0.234 e. The monoisotopic (exact) mass is 357 g/mol. The Hall–Kier alpha value is -2.74. The summed E-state index contributed by atoms with van der Waals surface area (Å²) >= 11 is 1.18. The quantitative estimate of drug-likeness (QED) is 0.710. The number of nitrogens with zero attached hydrogens (tertiary/aromatic N) is 4. The van der Waals surface area contributed by atoms with Crippen LogP contribution in [0.15, 0.2) is 47.6 Å². The van der Waals surface area contributed by atoms with Crippen LogP contribution in [-0.4, -0.2) is 31.9 Å². The average Bonchev–Trinajstić information content (AvgIpc) is 3.05. The molecule has 0 aliphatic rings. The van der Waals surface area contributed by atoms with E-state index in [1.807, 2.05) is 32.0 Å². The van der Waals surface area contributed by atoms with Crippen LogP contribution in [0, 0.1) is 19.7 Å². The molecule has 6 nitrogen and oxygen atoms in total. The highest BCUT2D eigenvalue weighted by Crippen LogP contribution is 2.20. The summed E-state index contributed by atoms with van der Waals surface area (Å²) in [6, 6.07) is 11.8. The molecule has 0 saturated carbocycles. The minimum absolute atomic E-state index is 0.142. The van der Waals surface area contributed by atoms with Gasteiger partial charge in [-0.25, -0.2) is 4.39 Å². The van der Waals surface area contributed by atoms with E-state index in [1.54, 1.807) is 12.1 Å². The Morgan fingerprint density at radius 1 is 1.24 bits per heavy atom. The van der Waals surface area contributed by atoms with Gasteiger partial charge in [0, 0.05) is 5.69 Å². The second-order valence-electron chi connectivity index (χ2n) is 5.51. The Balaban J connectivity index is 1.67. The van der Waals surface area contributed by atoms with Gasteiger partial charge >= 0.3 is 0 Å². The number of aromatic nitrogens is 4. The minimum atomic E-state index is -0.378. The highest BCUT2D eigenvalue weighted by molar-refractivity contribution is 7.99. The molecular formula is C17H16FN5OS. The van der Waals surface area contributed by atoms with Crippen molar-refractivity contribution in [3.05, 3.63) is 59.4 Å². The van der Waals surface area contributed by atoms with Crippen LogP contribution in [0.2, 0.25) is 0 Å². The number of carbonyl (C=O) groups is 1. The normalized spacial score (nSPS) is 10.7. The van der Waals surface area contributed by atoms with E-state index < -0.39 is 0 Å². The molecule has 3 aromatic rings. The molecule has 0 spiro atoms. The maximum absolute atomic E-state index is 13.4. The van der Waals surface area contributed by atoms with Crippen molar-refractivity contribution in [3.63, 3.8) is 0 Å². The van der Waals surface area contributed by atoms with E-state index in [1.165, 1.54) is 28.6 Å². The minimum Gasteiger partial charge on any atom is -0.325 e. The van der Waals surface area contributed by atoms with Crippen molar-refractivity contribution in [2.75, 3.05) is 11.1 Å². The Morgan fingerprint density at radius 2 is 2.08 bits per heavy atom. The molecule has 1 aromatic heterocycles. The molecule has 25 heavy (non-hydrogen) atoms. The Bertz CT molecular complexity index is 912. The van der Waals surface area contributed by atoms with E-state index in [-0.39, 0.29) is 17.5 Å². The molecule has 8 heteroatoms. The molecule has 3 rings (SSSR count). The highest BCUT2D eigenvalue weighted by atomic mass is 32.2. The Kier molecular flexibility index (Phi) is 5.08. The first kappa shape index (κ1) is 17.1. The van der Waals surface area contributed by atoms with Crippen LogP contribution in [0.3, 0.4) is 0 Å². The van der Waals surface area contributed by atoms with Crippen LogP contribution in [0.25, 0.3) is 5.69 Å². The van der Waals surface area contributed by atoms with E-state index in [9.17, 15) is 9.18 Å². The van der Waals surface area contributed by atoms with Gasteiger partial charge in [-0.3, -0.25) is 4.79 Å². The lowest BCUT2D eigenvalue weighted by Crippen LogP contribution is -2.15. The predicted octanol–water partition coefficient (Wildman–Crippen LogP) is 3.15. The number of carbonyl (C=O) groups excluding carboxylic acids is 1. The molecule has 1 N–H and O–H groups in total. The fourth-order valence-electron chi connectivity index (χ4n) is 2.23. The highest BCUT2D eigenvalue weighted by Gasteiger charge is 2.12. The molecule has 1 heterocycles. The smallest absolute Gasteiger partial charge is 0.234 e. The number of thioether (sulfide) groups is 1. The lowest BCUT2D eigenvalue weighted by atomic mass is 10.1. The first-order valence-electron chi connectivity index (χ1n) is 7.57. The van der Waals surface area contributed by atoms with Gasteiger partial charge in [-0.15, -0.1) is 5.10 Å². The van der Waals surface area contributed by atoms with Crippen molar-refractivity contribution in [2.45, 2.75) is 19.0 Å². The molecular weight excluding hydrogens is 341 g/mol. The topological polar surface area (TPSA) is 72.7 Å². The molecule has 0 aliphatic carbocycles. The van der Waals surface area contributed by atoms with Gasteiger partial charge in [0.2, 0.25) is 11.1 Å². The summed E-state index contributed by atoms with van der Waals surface area (Å²) < 4.78 is 14.8. The van der Waals surface area contributed by atoms with Crippen molar-refractivity contribution < 1.29 is 9.18 Å². The van der Waals surface area contributed by atoms with Gasteiger partial charge in [-0.2, -0.15) is 4.68 Å². The SMILES string of the molecule is Cc1ccc(C)c(NC(=O)CSc2nnnn2-c2cccc(F)c2)c1. The van der Waals surface area contributed by atoms with Gasteiger partial charge < -0.3 is 5.32 Å². The van der Waals surface area contributed by atoms with E-state index in [2.05, 4.69) is 20.8 Å². The van der Waals surface area contributed by atoms with Gasteiger partial charge in [0.25, 0.3) is 0 Å². The average molecular weight is 357 g/mol. The van der Waals surface area contributed by atoms with E-state index >= 15 is 0 Å². The number of benzene rings is 2. The molecule has 128 valence electrons. The summed E-state index contributed by atoms with van der Waals surface area (Å²) in [4.78, 5) is 12.2. The van der Waals surface area contributed by atoms with Crippen molar-refractivity contribution in [2.24, 2.45) is 0 Å². The fraction of sp³-hybridized carbons (Fsp3) is 0.176.